The smallest absolute Gasteiger partial charge is 0.407 e. The molecule has 2 unspecified atom stereocenters. The first-order chi connectivity index (χ1) is 11.7. The van der Waals surface area contributed by atoms with Crippen LogP contribution in [0.1, 0.15) is 60.8 Å². The van der Waals surface area contributed by atoms with Crippen LogP contribution < -0.4 is 16.0 Å². The molecule has 0 fully saturated rings. The minimum atomic E-state index is -0.507. The fraction of sp³-hybridized carbons (Fsp3) is 0.889. The Morgan fingerprint density at radius 3 is 2.38 bits per heavy atom. The summed E-state index contributed by atoms with van der Waals surface area (Å²) in [5.41, 5.74) is -0.507. The van der Waals surface area contributed by atoms with E-state index in [4.69, 9.17) is 9.84 Å². The van der Waals surface area contributed by atoms with Crippen LogP contribution in [0, 0.1) is 5.92 Å². The molecule has 0 heterocycles. The molecule has 0 aliphatic carbocycles. The molecule has 0 aliphatic heterocycles. The molecule has 0 saturated heterocycles. The van der Waals surface area contributed by atoms with Crippen molar-refractivity contribution in [3.63, 3.8) is 0 Å². The quantitative estimate of drug-likeness (QED) is 0.217. The van der Waals surface area contributed by atoms with Crippen LogP contribution in [-0.2, 0) is 4.74 Å². The highest BCUT2D eigenvalue weighted by atomic mass is 127. The molecule has 2 atom stereocenters. The Morgan fingerprint density at radius 1 is 1.23 bits per heavy atom. The van der Waals surface area contributed by atoms with Crippen LogP contribution in [0.3, 0.4) is 0 Å². The van der Waals surface area contributed by atoms with Crippen LogP contribution in [0.2, 0.25) is 0 Å². The van der Waals surface area contributed by atoms with E-state index in [0.29, 0.717) is 19.0 Å². The molecule has 0 aromatic rings. The fourth-order valence-electron chi connectivity index (χ4n) is 2.01. The number of nitrogens with zero attached hydrogens (tertiary/aromatic N) is 1. The second-order valence-electron chi connectivity index (χ2n) is 7.37. The van der Waals surface area contributed by atoms with Gasteiger partial charge in [-0.3, -0.25) is 4.99 Å². The maximum Gasteiger partial charge on any atom is 0.407 e. The Hall–Kier alpha value is -0.770. The number of carbonyl (C=O) groups excluding carboxylic acids is 1. The van der Waals surface area contributed by atoms with Crippen molar-refractivity contribution in [1.29, 1.82) is 0 Å². The van der Waals surface area contributed by atoms with Gasteiger partial charge in [-0.15, -0.1) is 24.0 Å². The van der Waals surface area contributed by atoms with E-state index in [1.807, 2.05) is 34.6 Å². The highest BCUT2D eigenvalue weighted by Crippen LogP contribution is 2.07. The molecule has 4 N–H and O–H groups in total. The van der Waals surface area contributed by atoms with Crippen LogP contribution in [0.4, 0.5) is 4.79 Å². The lowest BCUT2D eigenvalue weighted by atomic mass is 10.1. The van der Waals surface area contributed by atoms with Crippen molar-refractivity contribution in [3.05, 3.63) is 0 Å². The standard InChI is InChI=1S/C18H38N4O3.HI/c1-7-9-10-15(12-21-17(24)25-18(4,5)6)22-16(19-8-2)20-11-14(3)13-23;/h14-15,23H,7-13H2,1-6H3,(H,21,24)(H2,19,20,22);1H. The maximum atomic E-state index is 11.9. The molecule has 8 heteroatoms. The zero-order valence-electron chi connectivity index (χ0n) is 17.2. The van der Waals surface area contributed by atoms with Gasteiger partial charge in [0.25, 0.3) is 0 Å². The van der Waals surface area contributed by atoms with Crippen molar-refractivity contribution in [2.75, 3.05) is 26.2 Å². The highest BCUT2D eigenvalue weighted by molar-refractivity contribution is 14.0. The molecule has 0 aromatic carbocycles. The number of rotatable bonds is 10. The third kappa shape index (κ3) is 15.5. The molecule has 7 nitrogen and oxygen atoms in total. The average Bonchev–Trinajstić information content (AvgIpc) is 2.53. The lowest BCUT2D eigenvalue weighted by Gasteiger charge is -2.24. The van der Waals surface area contributed by atoms with E-state index in [1.54, 1.807) is 0 Å². The summed E-state index contributed by atoms with van der Waals surface area (Å²) in [5, 5.41) is 18.6. The van der Waals surface area contributed by atoms with Crippen LogP contribution in [0.5, 0.6) is 0 Å². The first kappa shape index (κ1) is 27.4. The summed E-state index contributed by atoms with van der Waals surface area (Å²) in [7, 11) is 0. The molecular formula is C18H39IN4O3. The van der Waals surface area contributed by atoms with E-state index in [0.717, 1.165) is 25.8 Å². The summed E-state index contributed by atoms with van der Waals surface area (Å²) in [6, 6.07) is 0.0645. The molecule has 1 amide bonds. The maximum absolute atomic E-state index is 11.9. The van der Waals surface area contributed by atoms with Gasteiger partial charge in [0.1, 0.15) is 5.60 Å². The Kier molecular flexibility index (Phi) is 16.2. The summed E-state index contributed by atoms with van der Waals surface area (Å²) in [6.07, 6.45) is 2.65. The average molecular weight is 486 g/mol. The van der Waals surface area contributed by atoms with Crippen LogP contribution in [0.25, 0.3) is 0 Å². The summed E-state index contributed by atoms with van der Waals surface area (Å²) < 4.78 is 5.29. The molecule has 0 radical (unpaired) electrons. The van der Waals surface area contributed by atoms with Gasteiger partial charge >= 0.3 is 6.09 Å². The molecule has 0 rings (SSSR count). The van der Waals surface area contributed by atoms with Gasteiger partial charge < -0.3 is 25.8 Å². The molecule has 0 aliphatic rings. The normalized spacial score (nSPS) is 14.0. The van der Waals surface area contributed by atoms with Crippen molar-refractivity contribution in [3.8, 4) is 0 Å². The monoisotopic (exact) mass is 486 g/mol. The third-order valence-electron chi connectivity index (χ3n) is 3.36. The van der Waals surface area contributed by atoms with E-state index < -0.39 is 11.7 Å². The Morgan fingerprint density at radius 2 is 1.88 bits per heavy atom. The fourth-order valence-corrected chi connectivity index (χ4v) is 2.01. The van der Waals surface area contributed by atoms with Gasteiger partial charge in [0.2, 0.25) is 0 Å². The minimum absolute atomic E-state index is 0. The van der Waals surface area contributed by atoms with Crippen LogP contribution in [-0.4, -0.2) is 55.0 Å². The topological polar surface area (TPSA) is 95.0 Å². The van der Waals surface area contributed by atoms with Crippen molar-refractivity contribution in [1.82, 2.24) is 16.0 Å². The van der Waals surface area contributed by atoms with Gasteiger partial charge in [0.15, 0.2) is 5.96 Å². The SMILES string of the molecule is CCCCC(CNC(=O)OC(C)(C)C)NC(=NCC(C)CO)NCC.I. The number of nitrogens with one attached hydrogen (secondary N) is 3. The number of alkyl carbamates (subject to hydrolysis) is 1. The summed E-state index contributed by atoms with van der Waals surface area (Å²) in [6.45, 7) is 13.5. The van der Waals surface area contributed by atoms with Crippen molar-refractivity contribution in [2.24, 2.45) is 10.9 Å². The molecule has 0 bridgehead atoms. The number of aliphatic imine (C=N–C) groups is 1. The predicted molar refractivity (Wildman–Crippen MR) is 118 cm³/mol. The van der Waals surface area contributed by atoms with Crippen molar-refractivity contribution in [2.45, 2.75) is 72.4 Å². The number of aliphatic hydroxyl groups excluding tert-OH is 1. The van der Waals surface area contributed by atoms with Gasteiger partial charge in [-0.05, 0) is 40.0 Å². The van der Waals surface area contributed by atoms with Crippen LogP contribution >= 0.6 is 24.0 Å². The number of amides is 1. The number of ether oxygens (including phenoxy) is 1. The largest absolute Gasteiger partial charge is 0.444 e. The number of unbranched alkanes of at least 4 members (excludes halogenated alkanes) is 1. The number of hydrogen-bond acceptors (Lipinski definition) is 4. The van der Waals surface area contributed by atoms with Crippen molar-refractivity contribution < 1.29 is 14.6 Å². The molecule has 0 aromatic heterocycles. The number of halogens is 1. The number of guanidine groups is 1. The number of hydrogen-bond donors (Lipinski definition) is 4. The zero-order valence-corrected chi connectivity index (χ0v) is 19.6. The third-order valence-corrected chi connectivity index (χ3v) is 3.36. The Balaban J connectivity index is 0. The van der Waals surface area contributed by atoms with Gasteiger partial charge in [0.05, 0.1) is 0 Å². The minimum Gasteiger partial charge on any atom is -0.444 e. The molecule has 0 spiro atoms. The van der Waals surface area contributed by atoms with Gasteiger partial charge in [0, 0.05) is 32.3 Å². The first-order valence-electron chi connectivity index (χ1n) is 9.34. The second-order valence-corrected chi connectivity index (χ2v) is 7.37. The van der Waals surface area contributed by atoms with Gasteiger partial charge in [-0.2, -0.15) is 0 Å². The lowest BCUT2D eigenvalue weighted by Crippen LogP contribution is -2.49. The Bertz CT molecular complexity index is 400. The molecular weight excluding hydrogens is 447 g/mol. The molecule has 26 heavy (non-hydrogen) atoms. The molecule has 156 valence electrons. The van der Waals surface area contributed by atoms with E-state index in [9.17, 15) is 4.79 Å². The zero-order chi connectivity index (χ0) is 19.3. The first-order valence-corrected chi connectivity index (χ1v) is 9.34. The summed E-state index contributed by atoms with van der Waals surface area (Å²) in [5.74, 6) is 0.819. The van der Waals surface area contributed by atoms with E-state index in [1.165, 1.54) is 0 Å². The summed E-state index contributed by atoms with van der Waals surface area (Å²) in [4.78, 5) is 16.4. The Labute approximate surface area is 176 Å². The highest BCUT2D eigenvalue weighted by Gasteiger charge is 2.18. The number of aliphatic hydroxyl groups is 1. The van der Waals surface area contributed by atoms with Crippen molar-refractivity contribution >= 4 is 36.0 Å². The van der Waals surface area contributed by atoms with Crippen LogP contribution in [0.15, 0.2) is 4.99 Å². The lowest BCUT2D eigenvalue weighted by molar-refractivity contribution is 0.0522. The molecule has 0 saturated carbocycles. The second kappa shape index (κ2) is 15.3. The number of carbonyl (C=O) groups is 1. The van der Waals surface area contributed by atoms with E-state index in [-0.39, 0.29) is 42.5 Å². The van der Waals surface area contributed by atoms with Gasteiger partial charge in [-0.1, -0.05) is 26.7 Å². The summed E-state index contributed by atoms with van der Waals surface area (Å²) >= 11 is 0. The van der Waals surface area contributed by atoms with E-state index >= 15 is 0 Å². The predicted octanol–water partition coefficient (Wildman–Crippen LogP) is 2.87. The van der Waals surface area contributed by atoms with E-state index in [2.05, 4.69) is 27.9 Å². The van der Waals surface area contributed by atoms with Gasteiger partial charge in [-0.25, -0.2) is 4.79 Å².